The van der Waals surface area contributed by atoms with Gasteiger partial charge >= 0.3 is 0 Å². The highest BCUT2D eigenvalue weighted by molar-refractivity contribution is 7.80. The Hall–Kier alpha value is -1.66. The third kappa shape index (κ3) is 4.24. The van der Waals surface area contributed by atoms with Gasteiger partial charge in [0.15, 0.2) is 5.11 Å². The van der Waals surface area contributed by atoms with E-state index in [4.69, 9.17) is 17.3 Å². The van der Waals surface area contributed by atoms with E-state index >= 15 is 0 Å². The number of nitrogens with zero attached hydrogens (tertiary/aromatic N) is 1. The van der Waals surface area contributed by atoms with Crippen LogP contribution in [0, 0.1) is 0 Å². The first kappa shape index (κ1) is 12.4. The number of hydrogen-bond donors (Lipinski definition) is 4. The van der Waals surface area contributed by atoms with Gasteiger partial charge in [-0.05, 0) is 24.4 Å². The third-order valence-electron chi connectivity index (χ3n) is 1.73. The molecule has 16 heavy (non-hydrogen) atoms. The highest BCUT2D eigenvalue weighted by atomic mass is 32.1. The van der Waals surface area contributed by atoms with Crippen LogP contribution in [0.5, 0.6) is 0 Å². The second kappa shape index (κ2) is 6.76. The predicted octanol–water partition coefficient (Wildman–Crippen LogP) is 0.0133. The van der Waals surface area contributed by atoms with Crippen LogP contribution >= 0.6 is 12.2 Å². The zero-order valence-electron chi connectivity index (χ0n) is 8.73. The van der Waals surface area contributed by atoms with Crippen molar-refractivity contribution in [3.05, 3.63) is 36.7 Å². The van der Waals surface area contributed by atoms with Crippen LogP contribution in [0.1, 0.15) is 5.56 Å². The van der Waals surface area contributed by atoms with Gasteiger partial charge in [0.2, 0.25) is 0 Å². The standard InChI is InChI=1S/C10H14N4OS/c1-8(9-3-2-4-11-7-9)13-14-10(16)12-5-6-15/h2-4,7,13,15H,1,5-6H2,(H2,12,14,16). The van der Waals surface area contributed by atoms with Crippen LogP contribution in [0.15, 0.2) is 31.1 Å². The summed E-state index contributed by atoms with van der Waals surface area (Å²) in [6.07, 6.45) is 3.39. The number of thiocarbonyl (C=S) groups is 1. The van der Waals surface area contributed by atoms with Crippen molar-refractivity contribution in [2.24, 2.45) is 0 Å². The van der Waals surface area contributed by atoms with Crippen molar-refractivity contribution in [1.82, 2.24) is 21.2 Å². The molecule has 0 saturated carbocycles. The Morgan fingerprint density at radius 1 is 1.50 bits per heavy atom. The molecule has 86 valence electrons. The average Bonchev–Trinajstić information content (AvgIpc) is 2.34. The first-order valence-electron chi connectivity index (χ1n) is 4.74. The van der Waals surface area contributed by atoms with Crippen molar-refractivity contribution in [1.29, 1.82) is 0 Å². The predicted molar refractivity (Wildman–Crippen MR) is 67.2 cm³/mol. The maximum Gasteiger partial charge on any atom is 0.185 e. The van der Waals surface area contributed by atoms with Crippen molar-refractivity contribution in [2.75, 3.05) is 13.2 Å². The summed E-state index contributed by atoms with van der Waals surface area (Å²) in [7, 11) is 0. The summed E-state index contributed by atoms with van der Waals surface area (Å²) in [6, 6.07) is 3.71. The number of hydrazine groups is 1. The number of pyridine rings is 1. The van der Waals surface area contributed by atoms with Crippen LogP contribution in [0.3, 0.4) is 0 Å². The van der Waals surface area contributed by atoms with E-state index in [2.05, 4.69) is 27.7 Å². The fourth-order valence-electron chi connectivity index (χ4n) is 0.959. The van der Waals surface area contributed by atoms with Crippen molar-refractivity contribution < 1.29 is 5.11 Å². The Morgan fingerprint density at radius 2 is 2.31 bits per heavy atom. The zero-order valence-corrected chi connectivity index (χ0v) is 9.55. The number of nitrogens with one attached hydrogen (secondary N) is 3. The molecule has 1 aromatic rings. The van der Waals surface area contributed by atoms with Gasteiger partial charge < -0.3 is 10.4 Å². The topological polar surface area (TPSA) is 69.2 Å². The van der Waals surface area contributed by atoms with E-state index in [1.807, 2.05) is 12.1 Å². The summed E-state index contributed by atoms with van der Waals surface area (Å²) in [6.45, 7) is 4.27. The smallest absolute Gasteiger partial charge is 0.185 e. The molecule has 0 unspecified atom stereocenters. The van der Waals surface area contributed by atoms with Crippen molar-refractivity contribution in [2.45, 2.75) is 0 Å². The lowest BCUT2D eigenvalue weighted by Crippen LogP contribution is -2.43. The molecule has 0 saturated heterocycles. The van der Waals surface area contributed by atoms with E-state index in [0.29, 0.717) is 17.4 Å². The molecule has 5 nitrogen and oxygen atoms in total. The number of aliphatic hydroxyl groups excluding tert-OH is 1. The second-order valence-corrected chi connectivity index (χ2v) is 3.36. The van der Waals surface area contributed by atoms with Gasteiger partial charge in [-0.15, -0.1) is 0 Å². The van der Waals surface area contributed by atoms with Crippen molar-refractivity contribution >= 4 is 23.0 Å². The van der Waals surface area contributed by atoms with Gasteiger partial charge in [0, 0.05) is 24.5 Å². The van der Waals surface area contributed by atoms with Crippen LogP contribution in [-0.4, -0.2) is 28.4 Å². The molecule has 0 radical (unpaired) electrons. The minimum atomic E-state index is 0.0331. The molecule has 1 aromatic heterocycles. The van der Waals surface area contributed by atoms with Crippen LogP contribution in [-0.2, 0) is 0 Å². The van der Waals surface area contributed by atoms with E-state index in [-0.39, 0.29) is 6.61 Å². The molecule has 0 aliphatic carbocycles. The Labute approximate surface area is 99.6 Å². The maximum absolute atomic E-state index is 8.57. The van der Waals surface area contributed by atoms with Crippen LogP contribution in [0.4, 0.5) is 0 Å². The highest BCUT2D eigenvalue weighted by Crippen LogP contribution is 2.04. The molecule has 0 fully saturated rings. The molecule has 0 aromatic carbocycles. The van der Waals surface area contributed by atoms with E-state index in [0.717, 1.165) is 5.56 Å². The van der Waals surface area contributed by atoms with Gasteiger partial charge in [-0.25, -0.2) is 0 Å². The maximum atomic E-state index is 8.57. The van der Waals surface area contributed by atoms with Crippen molar-refractivity contribution in [3.63, 3.8) is 0 Å². The molecule has 0 spiro atoms. The lowest BCUT2D eigenvalue weighted by atomic mass is 10.2. The molecule has 4 N–H and O–H groups in total. The molecule has 0 amide bonds. The lowest BCUT2D eigenvalue weighted by Gasteiger charge is -2.13. The Balaban J connectivity index is 2.33. The fraction of sp³-hybridized carbons (Fsp3) is 0.200. The van der Waals surface area contributed by atoms with E-state index in [9.17, 15) is 0 Å². The van der Waals surface area contributed by atoms with E-state index in [1.54, 1.807) is 12.4 Å². The first-order chi connectivity index (χ1) is 7.74. The van der Waals surface area contributed by atoms with Crippen molar-refractivity contribution in [3.8, 4) is 0 Å². The largest absolute Gasteiger partial charge is 0.395 e. The summed E-state index contributed by atoms with van der Waals surface area (Å²) in [4.78, 5) is 3.97. The molecule has 1 rings (SSSR count). The van der Waals surface area contributed by atoms with Crippen LogP contribution in [0.2, 0.25) is 0 Å². The van der Waals surface area contributed by atoms with Gasteiger partial charge in [0.25, 0.3) is 0 Å². The molecule has 1 heterocycles. The molecule has 0 bridgehead atoms. The summed E-state index contributed by atoms with van der Waals surface area (Å²) in [5, 5.41) is 11.8. The third-order valence-corrected chi connectivity index (χ3v) is 1.98. The second-order valence-electron chi connectivity index (χ2n) is 2.95. The zero-order chi connectivity index (χ0) is 11.8. The van der Waals surface area contributed by atoms with Gasteiger partial charge in [-0.2, -0.15) is 0 Å². The molecule has 0 aliphatic heterocycles. The Kier molecular flexibility index (Phi) is 5.24. The Bertz CT molecular complexity index is 355. The SMILES string of the molecule is C=C(NNC(=S)NCCO)c1cccnc1. The molecule has 0 aliphatic rings. The van der Waals surface area contributed by atoms with Gasteiger partial charge in [0.1, 0.15) is 0 Å². The van der Waals surface area contributed by atoms with Gasteiger partial charge in [-0.1, -0.05) is 6.58 Å². The molecular formula is C10H14N4OS. The summed E-state index contributed by atoms with van der Waals surface area (Å²) < 4.78 is 0. The fourth-order valence-corrected chi connectivity index (χ4v) is 1.11. The Morgan fingerprint density at radius 3 is 2.94 bits per heavy atom. The number of aromatic nitrogens is 1. The van der Waals surface area contributed by atoms with Gasteiger partial charge in [0.05, 0.1) is 12.3 Å². The molecular weight excluding hydrogens is 224 g/mol. The molecule has 0 atom stereocenters. The van der Waals surface area contributed by atoms with Crippen LogP contribution in [0.25, 0.3) is 5.70 Å². The van der Waals surface area contributed by atoms with Gasteiger partial charge in [-0.3, -0.25) is 15.8 Å². The van der Waals surface area contributed by atoms with E-state index < -0.39 is 0 Å². The monoisotopic (exact) mass is 238 g/mol. The summed E-state index contributed by atoms with van der Waals surface area (Å²) in [5.41, 5.74) is 7.13. The quantitative estimate of drug-likeness (QED) is 0.428. The highest BCUT2D eigenvalue weighted by Gasteiger charge is 1.98. The average molecular weight is 238 g/mol. The molecule has 6 heteroatoms. The normalized spacial score (nSPS) is 9.31. The van der Waals surface area contributed by atoms with E-state index in [1.165, 1.54) is 0 Å². The minimum Gasteiger partial charge on any atom is -0.395 e. The first-order valence-corrected chi connectivity index (χ1v) is 5.15. The summed E-state index contributed by atoms with van der Waals surface area (Å²) >= 11 is 4.94. The lowest BCUT2D eigenvalue weighted by molar-refractivity contribution is 0.300. The van der Waals surface area contributed by atoms with Crippen LogP contribution < -0.4 is 16.2 Å². The number of aliphatic hydroxyl groups is 1. The summed E-state index contributed by atoms with van der Waals surface area (Å²) in [5.74, 6) is 0. The minimum absolute atomic E-state index is 0.0331. The number of hydrogen-bond acceptors (Lipinski definition) is 4. The number of rotatable bonds is 5.